The van der Waals surface area contributed by atoms with Gasteiger partial charge in [-0.25, -0.2) is 9.78 Å². The van der Waals surface area contributed by atoms with Crippen molar-refractivity contribution in [2.75, 3.05) is 0 Å². The lowest BCUT2D eigenvalue weighted by atomic mass is 10.1. The van der Waals surface area contributed by atoms with Gasteiger partial charge in [0.05, 0.1) is 5.56 Å². The van der Waals surface area contributed by atoms with Crippen molar-refractivity contribution in [3.8, 4) is 11.1 Å². The van der Waals surface area contributed by atoms with E-state index in [1.54, 1.807) is 16.8 Å². The highest BCUT2D eigenvalue weighted by Crippen LogP contribution is 2.37. The minimum absolute atomic E-state index is 0.275. The number of nitrogens with zero attached hydrogens (tertiary/aromatic N) is 2. The fraction of sp³-hybridized carbons (Fsp3) is 0.0769. The molecule has 0 aliphatic heterocycles. The van der Waals surface area contributed by atoms with Crippen molar-refractivity contribution in [2.45, 2.75) is 6.18 Å². The molecule has 9 heteroatoms. The first-order chi connectivity index (χ1) is 10.3. The van der Waals surface area contributed by atoms with E-state index in [-0.39, 0.29) is 10.7 Å². The molecule has 114 valence electrons. The second kappa shape index (κ2) is 4.99. The lowest BCUT2D eigenvalue weighted by molar-refractivity contribution is -0.136. The Morgan fingerprint density at radius 2 is 2.09 bits per heavy atom. The molecular formula is C13H6ClF3N2O2S. The maximum atomic E-state index is 13.2. The zero-order valence-electron chi connectivity index (χ0n) is 10.6. The van der Waals surface area contributed by atoms with Crippen LogP contribution >= 0.6 is 22.9 Å². The van der Waals surface area contributed by atoms with Crippen LogP contribution in [0.15, 0.2) is 29.1 Å². The zero-order valence-corrected chi connectivity index (χ0v) is 12.1. The van der Waals surface area contributed by atoms with Crippen LogP contribution in [0, 0.1) is 0 Å². The molecule has 0 saturated carbocycles. The number of aromatic nitrogens is 2. The van der Waals surface area contributed by atoms with Crippen LogP contribution in [0.1, 0.15) is 16.1 Å². The molecule has 0 unspecified atom stereocenters. The molecule has 0 spiro atoms. The molecule has 0 aliphatic carbocycles. The third-order valence-corrected chi connectivity index (χ3v) is 4.07. The van der Waals surface area contributed by atoms with E-state index in [4.69, 9.17) is 16.7 Å². The Morgan fingerprint density at radius 3 is 2.64 bits per heavy atom. The molecule has 3 aromatic heterocycles. The number of alkyl halides is 3. The number of thiophene rings is 1. The first kappa shape index (κ1) is 14.9. The molecule has 3 heterocycles. The number of rotatable bonds is 2. The molecule has 3 rings (SSSR count). The van der Waals surface area contributed by atoms with Crippen LogP contribution in [0.2, 0.25) is 5.15 Å². The number of hydrogen-bond acceptors (Lipinski definition) is 3. The molecule has 22 heavy (non-hydrogen) atoms. The second-order valence-electron chi connectivity index (χ2n) is 4.40. The molecule has 0 radical (unpaired) electrons. The number of pyridine rings is 1. The summed E-state index contributed by atoms with van der Waals surface area (Å²) in [6, 6.07) is 2.60. The molecule has 0 aromatic carbocycles. The quantitative estimate of drug-likeness (QED) is 0.746. The normalized spacial score (nSPS) is 12.0. The number of hydrogen-bond donors (Lipinski definition) is 1. The summed E-state index contributed by atoms with van der Waals surface area (Å²) in [5.74, 6) is -1.49. The fourth-order valence-electron chi connectivity index (χ4n) is 2.05. The van der Waals surface area contributed by atoms with Gasteiger partial charge >= 0.3 is 12.1 Å². The monoisotopic (exact) mass is 346 g/mol. The molecule has 0 atom stereocenters. The second-order valence-corrected chi connectivity index (χ2v) is 5.54. The summed E-state index contributed by atoms with van der Waals surface area (Å²) in [6.45, 7) is 0. The standard InChI is InChI=1S/C13H6ClF3N2O2S/c14-10-9(12(20)21)18-11-8(13(15,16)17)3-7(4-19(10)11)6-1-2-22-5-6/h1-5H,(H,20,21). The predicted octanol–water partition coefficient (Wildman–Crippen LogP) is 4.43. The first-order valence-electron chi connectivity index (χ1n) is 5.83. The number of carboxylic acid groups (broad SMARTS) is 1. The van der Waals surface area contributed by atoms with Gasteiger partial charge in [-0.3, -0.25) is 4.40 Å². The summed E-state index contributed by atoms with van der Waals surface area (Å²) in [5.41, 5.74) is -1.33. The number of halogens is 4. The van der Waals surface area contributed by atoms with Crippen molar-refractivity contribution in [2.24, 2.45) is 0 Å². The van der Waals surface area contributed by atoms with Crippen LogP contribution in [-0.2, 0) is 6.18 Å². The van der Waals surface area contributed by atoms with Gasteiger partial charge in [0.2, 0.25) is 0 Å². The molecule has 1 N–H and O–H groups in total. The van der Waals surface area contributed by atoms with E-state index >= 15 is 0 Å². The molecule has 0 bridgehead atoms. The van der Waals surface area contributed by atoms with E-state index < -0.39 is 29.1 Å². The van der Waals surface area contributed by atoms with Gasteiger partial charge in [0, 0.05) is 6.20 Å². The number of fused-ring (bicyclic) bond motifs is 1. The van der Waals surface area contributed by atoms with Crippen molar-refractivity contribution >= 4 is 34.6 Å². The van der Waals surface area contributed by atoms with Crippen molar-refractivity contribution in [3.05, 3.63) is 45.5 Å². The molecule has 0 fully saturated rings. The van der Waals surface area contributed by atoms with E-state index in [0.717, 1.165) is 10.5 Å². The van der Waals surface area contributed by atoms with Crippen LogP contribution in [0.25, 0.3) is 16.8 Å². The SMILES string of the molecule is O=C(O)c1nc2c(C(F)(F)F)cc(-c3ccsc3)cn2c1Cl. The van der Waals surface area contributed by atoms with E-state index in [2.05, 4.69) is 4.98 Å². The lowest BCUT2D eigenvalue weighted by Gasteiger charge is -2.10. The van der Waals surface area contributed by atoms with Crippen LogP contribution in [0.4, 0.5) is 13.2 Å². The fourth-order valence-corrected chi connectivity index (χ4v) is 2.97. The van der Waals surface area contributed by atoms with Gasteiger partial charge in [0.25, 0.3) is 0 Å². The Bertz CT molecular complexity index is 872. The number of carbonyl (C=O) groups is 1. The summed E-state index contributed by atoms with van der Waals surface area (Å²) >= 11 is 7.20. The number of carboxylic acids is 1. The van der Waals surface area contributed by atoms with Crippen molar-refractivity contribution in [1.82, 2.24) is 9.38 Å². The summed E-state index contributed by atoms with van der Waals surface area (Å²) in [6.07, 6.45) is -3.34. The summed E-state index contributed by atoms with van der Waals surface area (Å²) in [4.78, 5) is 14.5. The van der Waals surface area contributed by atoms with Crippen LogP contribution in [0.3, 0.4) is 0 Å². The van der Waals surface area contributed by atoms with Gasteiger partial charge in [-0.1, -0.05) is 11.6 Å². The minimum Gasteiger partial charge on any atom is -0.476 e. The molecule has 0 amide bonds. The molecule has 4 nitrogen and oxygen atoms in total. The highest BCUT2D eigenvalue weighted by Gasteiger charge is 2.36. The lowest BCUT2D eigenvalue weighted by Crippen LogP contribution is -2.08. The van der Waals surface area contributed by atoms with Crippen LogP contribution < -0.4 is 0 Å². The van der Waals surface area contributed by atoms with Gasteiger partial charge in [-0.2, -0.15) is 24.5 Å². The smallest absolute Gasteiger partial charge is 0.420 e. The minimum atomic E-state index is -4.68. The van der Waals surface area contributed by atoms with Crippen molar-refractivity contribution in [1.29, 1.82) is 0 Å². The summed E-state index contributed by atoms with van der Waals surface area (Å²) in [5, 5.41) is 12.0. The predicted molar refractivity (Wildman–Crippen MR) is 75.5 cm³/mol. The van der Waals surface area contributed by atoms with Crippen molar-refractivity contribution in [3.63, 3.8) is 0 Å². The Hall–Kier alpha value is -2.06. The average molecular weight is 347 g/mol. The van der Waals surface area contributed by atoms with Gasteiger partial charge in [-0.05, 0) is 34.0 Å². The molecule has 3 aromatic rings. The maximum Gasteiger partial charge on any atom is 0.420 e. The third kappa shape index (κ3) is 2.34. The summed E-state index contributed by atoms with van der Waals surface area (Å²) in [7, 11) is 0. The first-order valence-corrected chi connectivity index (χ1v) is 7.16. The van der Waals surface area contributed by atoms with Gasteiger partial charge in [-0.15, -0.1) is 0 Å². The van der Waals surface area contributed by atoms with Crippen LogP contribution in [-0.4, -0.2) is 20.5 Å². The zero-order chi connectivity index (χ0) is 16.1. The highest BCUT2D eigenvalue weighted by atomic mass is 35.5. The van der Waals surface area contributed by atoms with Gasteiger partial charge in [0.1, 0.15) is 5.15 Å². The summed E-state index contributed by atoms with van der Waals surface area (Å²) < 4.78 is 40.7. The van der Waals surface area contributed by atoms with Crippen molar-refractivity contribution < 1.29 is 23.1 Å². The average Bonchev–Trinajstić information content (AvgIpc) is 3.05. The maximum absolute atomic E-state index is 13.2. The highest BCUT2D eigenvalue weighted by molar-refractivity contribution is 7.08. The van der Waals surface area contributed by atoms with E-state index in [1.807, 2.05) is 0 Å². The third-order valence-electron chi connectivity index (χ3n) is 3.02. The number of aromatic carboxylic acids is 1. The van der Waals surface area contributed by atoms with Gasteiger partial charge < -0.3 is 5.11 Å². The molecule has 0 aliphatic rings. The topological polar surface area (TPSA) is 54.6 Å². The number of imidazole rings is 1. The molecular weight excluding hydrogens is 341 g/mol. The molecule has 0 saturated heterocycles. The Balaban J connectivity index is 2.39. The Kier molecular flexibility index (Phi) is 3.37. The van der Waals surface area contributed by atoms with Gasteiger partial charge in [0.15, 0.2) is 11.3 Å². The Morgan fingerprint density at radius 1 is 1.36 bits per heavy atom. The van der Waals surface area contributed by atoms with Crippen LogP contribution in [0.5, 0.6) is 0 Å². The van der Waals surface area contributed by atoms with E-state index in [1.165, 1.54) is 17.5 Å². The van der Waals surface area contributed by atoms with E-state index in [0.29, 0.717) is 5.56 Å². The Labute approximate surface area is 130 Å². The van der Waals surface area contributed by atoms with E-state index in [9.17, 15) is 18.0 Å². The largest absolute Gasteiger partial charge is 0.476 e.